The minimum absolute atomic E-state index is 0.222. The average molecular weight is 328 g/mol. The highest BCUT2D eigenvalue weighted by atomic mass is 16.5. The molecule has 3 aliphatic rings. The summed E-state index contributed by atoms with van der Waals surface area (Å²) < 4.78 is 5.46. The molecule has 2 saturated heterocycles. The Bertz CT molecular complexity index is 589. The molecule has 2 aliphatic heterocycles. The van der Waals surface area contributed by atoms with Gasteiger partial charge in [0.15, 0.2) is 0 Å². The van der Waals surface area contributed by atoms with Crippen LogP contribution in [0.4, 0.5) is 5.69 Å². The van der Waals surface area contributed by atoms with Crippen LogP contribution in [-0.4, -0.2) is 50.2 Å². The molecular weight excluding hydrogens is 300 g/mol. The van der Waals surface area contributed by atoms with Crippen molar-refractivity contribution in [3.05, 3.63) is 29.8 Å². The third-order valence-electron chi connectivity index (χ3n) is 6.13. The Kier molecular flexibility index (Phi) is 4.49. The fourth-order valence-electron chi connectivity index (χ4n) is 4.72. The summed E-state index contributed by atoms with van der Waals surface area (Å²) in [5, 5.41) is 0. The molecule has 1 aromatic rings. The van der Waals surface area contributed by atoms with Crippen molar-refractivity contribution in [2.24, 2.45) is 5.41 Å². The van der Waals surface area contributed by atoms with Crippen molar-refractivity contribution < 1.29 is 9.53 Å². The Morgan fingerprint density at radius 1 is 0.958 bits per heavy atom. The molecule has 0 unspecified atom stereocenters. The fraction of sp³-hybridized carbons (Fsp3) is 0.650. The maximum atomic E-state index is 13.2. The third kappa shape index (κ3) is 3.04. The highest BCUT2D eigenvalue weighted by Gasteiger charge is 2.41. The Morgan fingerprint density at radius 2 is 1.71 bits per heavy atom. The Labute approximate surface area is 144 Å². The van der Waals surface area contributed by atoms with Crippen LogP contribution >= 0.6 is 0 Å². The average Bonchev–Trinajstić information content (AvgIpc) is 3.06. The third-order valence-corrected chi connectivity index (χ3v) is 6.13. The van der Waals surface area contributed by atoms with Gasteiger partial charge in [-0.3, -0.25) is 4.79 Å². The van der Waals surface area contributed by atoms with Crippen LogP contribution in [0.3, 0.4) is 0 Å². The van der Waals surface area contributed by atoms with Crippen molar-refractivity contribution in [2.75, 3.05) is 44.3 Å². The molecular formula is C20H28N2O2. The lowest BCUT2D eigenvalue weighted by Gasteiger charge is -2.34. The maximum Gasteiger partial charge on any atom is 0.255 e. The number of nitrogens with zero attached hydrogens (tertiary/aromatic N) is 2. The normalized spacial score (nSPS) is 23.7. The second kappa shape index (κ2) is 6.75. The molecule has 0 bridgehead atoms. The zero-order valence-electron chi connectivity index (χ0n) is 14.5. The number of carbonyl (C=O) groups excluding carboxylic acids is 1. The molecule has 1 saturated carbocycles. The number of benzene rings is 1. The van der Waals surface area contributed by atoms with Crippen LogP contribution in [0.25, 0.3) is 0 Å². The molecule has 0 aromatic heterocycles. The lowest BCUT2D eigenvalue weighted by molar-refractivity contribution is 0.0758. The van der Waals surface area contributed by atoms with E-state index < -0.39 is 0 Å². The molecule has 1 aromatic carbocycles. The largest absolute Gasteiger partial charge is 0.378 e. The second-order valence-electron chi connectivity index (χ2n) is 7.65. The van der Waals surface area contributed by atoms with E-state index in [4.69, 9.17) is 4.74 Å². The van der Waals surface area contributed by atoms with E-state index >= 15 is 0 Å². The molecule has 0 radical (unpaired) electrons. The number of rotatable bonds is 2. The summed E-state index contributed by atoms with van der Waals surface area (Å²) in [6.45, 7) is 5.12. The summed E-state index contributed by atoms with van der Waals surface area (Å²) in [6, 6.07) is 8.11. The van der Waals surface area contributed by atoms with E-state index in [0.717, 1.165) is 50.6 Å². The summed E-state index contributed by atoms with van der Waals surface area (Å²) >= 11 is 0. The van der Waals surface area contributed by atoms with Crippen LogP contribution in [0.5, 0.6) is 0 Å². The van der Waals surface area contributed by atoms with E-state index in [-0.39, 0.29) is 5.91 Å². The first kappa shape index (κ1) is 15.9. The SMILES string of the molecule is O=C(c1ccccc1N1CCOCC1)N1CCC2(CCCCC2)C1. The zero-order valence-corrected chi connectivity index (χ0v) is 14.5. The van der Waals surface area contributed by atoms with E-state index in [2.05, 4.69) is 15.9 Å². The number of likely N-dealkylation sites (tertiary alicyclic amines) is 1. The van der Waals surface area contributed by atoms with Gasteiger partial charge in [-0.1, -0.05) is 31.4 Å². The molecule has 4 heteroatoms. The van der Waals surface area contributed by atoms with E-state index in [1.165, 1.54) is 38.5 Å². The van der Waals surface area contributed by atoms with E-state index in [0.29, 0.717) is 5.41 Å². The van der Waals surface area contributed by atoms with Gasteiger partial charge >= 0.3 is 0 Å². The highest BCUT2D eigenvalue weighted by Crippen LogP contribution is 2.44. The fourth-order valence-corrected chi connectivity index (χ4v) is 4.72. The highest BCUT2D eigenvalue weighted by molar-refractivity contribution is 6.00. The van der Waals surface area contributed by atoms with Crippen molar-refractivity contribution in [1.29, 1.82) is 0 Å². The predicted octanol–water partition coefficient (Wildman–Crippen LogP) is 3.32. The summed E-state index contributed by atoms with van der Waals surface area (Å²) in [7, 11) is 0. The Balaban J connectivity index is 1.52. The maximum absolute atomic E-state index is 13.2. The number of anilines is 1. The number of hydrogen-bond donors (Lipinski definition) is 0. The van der Waals surface area contributed by atoms with Crippen molar-refractivity contribution >= 4 is 11.6 Å². The smallest absolute Gasteiger partial charge is 0.255 e. The Hall–Kier alpha value is -1.55. The monoisotopic (exact) mass is 328 g/mol. The van der Waals surface area contributed by atoms with E-state index in [1.807, 2.05) is 18.2 Å². The molecule has 1 amide bonds. The van der Waals surface area contributed by atoms with Crippen LogP contribution in [0, 0.1) is 5.41 Å². The molecule has 0 N–H and O–H groups in total. The number of hydrogen-bond acceptors (Lipinski definition) is 3. The first-order valence-electron chi connectivity index (χ1n) is 9.49. The number of ether oxygens (including phenoxy) is 1. The molecule has 4 rings (SSSR count). The summed E-state index contributed by atoms with van der Waals surface area (Å²) in [5.74, 6) is 0.222. The number of carbonyl (C=O) groups is 1. The van der Waals surface area contributed by atoms with Gasteiger partial charge in [0.25, 0.3) is 5.91 Å². The van der Waals surface area contributed by atoms with Crippen molar-refractivity contribution in [2.45, 2.75) is 38.5 Å². The molecule has 2 heterocycles. The zero-order chi connectivity index (χ0) is 16.4. The summed E-state index contributed by atoms with van der Waals surface area (Å²) in [5.41, 5.74) is 2.37. The first-order valence-corrected chi connectivity index (χ1v) is 9.49. The van der Waals surface area contributed by atoms with Crippen LogP contribution in [0.2, 0.25) is 0 Å². The molecule has 24 heavy (non-hydrogen) atoms. The quantitative estimate of drug-likeness (QED) is 0.835. The number of morpholine rings is 1. The molecule has 1 spiro atoms. The molecule has 4 nitrogen and oxygen atoms in total. The van der Waals surface area contributed by atoms with Gasteiger partial charge in [-0.05, 0) is 36.8 Å². The van der Waals surface area contributed by atoms with Crippen molar-refractivity contribution in [3.8, 4) is 0 Å². The standard InChI is InChI=1S/C20H28N2O2/c23-19(22-11-10-20(16-22)8-4-1-5-9-20)17-6-2-3-7-18(17)21-12-14-24-15-13-21/h2-3,6-7H,1,4-5,8-16H2. The van der Waals surface area contributed by atoms with Gasteiger partial charge in [-0.2, -0.15) is 0 Å². The predicted molar refractivity (Wildman–Crippen MR) is 95.5 cm³/mol. The van der Waals surface area contributed by atoms with Gasteiger partial charge < -0.3 is 14.5 Å². The van der Waals surface area contributed by atoms with Gasteiger partial charge in [-0.15, -0.1) is 0 Å². The minimum atomic E-state index is 0.222. The van der Waals surface area contributed by atoms with Gasteiger partial charge in [0.05, 0.1) is 18.8 Å². The first-order chi connectivity index (χ1) is 11.8. The lowest BCUT2D eigenvalue weighted by atomic mass is 9.73. The van der Waals surface area contributed by atoms with Crippen LogP contribution in [0.15, 0.2) is 24.3 Å². The summed E-state index contributed by atoms with van der Waals surface area (Å²) in [4.78, 5) is 17.6. The lowest BCUT2D eigenvalue weighted by Crippen LogP contribution is -2.38. The van der Waals surface area contributed by atoms with Crippen molar-refractivity contribution in [3.63, 3.8) is 0 Å². The van der Waals surface area contributed by atoms with E-state index in [1.54, 1.807) is 0 Å². The number of para-hydroxylation sites is 1. The summed E-state index contributed by atoms with van der Waals surface area (Å²) in [6.07, 6.45) is 7.86. The van der Waals surface area contributed by atoms with Gasteiger partial charge in [0.1, 0.15) is 0 Å². The van der Waals surface area contributed by atoms with Gasteiger partial charge in [0, 0.05) is 31.9 Å². The minimum Gasteiger partial charge on any atom is -0.378 e. The number of amides is 1. The second-order valence-corrected chi connectivity index (χ2v) is 7.65. The van der Waals surface area contributed by atoms with Gasteiger partial charge in [-0.25, -0.2) is 0 Å². The van der Waals surface area contributed by atoms with Crippen molar-refractivity contribution in [1.82, 2.24) is 4.90 Å². The van der Waals surface area contributed by atoms with Crippen LogP contribution < -0.4 is 4.90 Å². The molecule has 1 aliphatic carbocycles. The van der Waals surface area contributed by atoms with Crippen LogP contribution in [-0.2, 0) is 4.74 Å². The van der Waals surface area contributed by atoms with Crippen LogP contribution in [0.1, 0.15) is 48.9 Å². The van der Waals surface area contributed by atoms with E-state index in [9.17, 15) is 4.79 Å². The molecule has 130 valence electrons. The van der Waals surface area contributed by atoms with Gasteiger partial charge in [0.2, 0.25) is 0 Å². The molecule has 3 fully saturated rings. The molecule has 0 atom stereocenters. The topological polar surface area (TPSA) is 32.8 Å². The Morgan fingerprint density at radius 3 is 2.50 bits per heavy atom.